The molecule has 108 valence electrons. The zero-order chi connectivity index (χ0) is 15.0. The summed E-state index contributed by atoms with van der Waals surface area (Å²) in [5.74, 6) is -3.61. The Morgan fingerprint density at radius 2 is 0.889 bits per heavy atom. The highest BCUT2D eigenvalue weighted by Crippen LogP contribution is 2.25. The van der Waals surface area contributed by atoms with Gasteiger partial charge in [0, 0.05) is 0 Å². The Morgan fingerprint density at radius 1 is 0.667 bits per heavy atom. The predicted molar refractivity (Wildman–Crippen MR) is 41.9 cm³/mol. The summed E-state index contributed by atoms with van der Waals surface area (Å²) in [4.78, 5) is 0. The Bertz CT molecular complexity index is 251. The van der Waals surface area contributed by atoms with Crippen molar-refractivity contribution in [1.82, 2.24) is 0 Å². The fourth-order valence-electron chi connectivity index (χ4n) is 0.460. The van der Waals surface area contributed by atoms with Crippen molar-refractivity contribution < 1.29 is 43.9 Å². The zero-order valence-corrected chi connectivity index (χ0v) is 8.35. The van der Waals surface area contributed by atoms with Gasteiger partial charge >= 0.3 is 12.4 Å². The first-order valence-corrected chi connectivity index (χ1v) is 3.94. The second kappa shape index (κ2) is 7.98. The third-order valence-corrected chi connectivity index (χ3v) is 0.975. The molecule has 0 aliphatic carbocycles. The maximum Gasteiger partial charge on any atom is 0.395 e. The number of allylic oxidation sites excluding steroid dienone is 2. The fraction of sp³-hybridized carbons (Fsp3) is 0.500. The molecule has 0 saturated heterocycles. The number of hydrogen-bond acceptors (Lipinski definition) is 0. The minimum Gasteiger partial charge on any atom is -0.213 e. The Kier molecular flexibility index (Phi) is 8.48. The monoisotopic (exact) mass is 292 g/mol. The zero-order valence-electron chi connectivity index (χ0n) is 8.35. The van der Waals surface area contributed by atoms with Gasteiger partial charge in [0.2, 0.25) is 0 Å². The highest BCUT2D eigenvalue weighted by molar-refractivity contribution is 4.87. The van der Waals surface area contributed by atoms with E-state index in [1.165, 1.54) is 0 Å². The van der Waals surface area contributed by atoms with E-state index in [9.17, 15) is 43.9 Å². The summed E-state index contributed by atoms with van der Waals surface area (Å²) in [6.07, 6.45) is -14.4. The first kappa shape index (κ1) is 19.1. The molecule has 0 bridgehead atoms. The van der Waals surface area contributed by atoms with Crippen molar-refractivity contribution in [3.63, 3.8) is 0 Å². The van der Waals surface area contributed by atoms with Crippen LogP contribution in [0.4, 0.5) is 43.9 Å². The molecule has 0 radical (unpaired) electrons. The van der Waals surface area contributed by atoms with E-state index in [0.717, 1.165) is 0 Å². The SMILES string of the molecule is FC=C(F)CC(F)(F)F.FC=C(F)CC(F)(F)F. The lowest BCUT2D eigenvalue weighted by molar-refractivity contribution is -0.131. The molecule has 0 aromatic carbocycles. The molecule has 0 heterocycles. The molecule has 0 fully saturated rings. The first-order valence-electron chi connectivity index (χ1n) is 3.94. The summed E-state index contributed by atoms with van der Waals surface area (Å²) in [6, 6.07) is 0. The lowest BCUT2D eigenvalue weighted by atomic mass is 10.4. The minimum absolute atomic E-state index is 0.701. The van der Waals surface area contributed by atoms with Crippen molar-refractivity contribution in [3.8, 4) is 0 Å². The third kappa shape index (κ3) is 17.2. The molecule has 0 rings (SSSR count). The standard InChI is InChI=1S/2C4H3F5/c2*5-2-3(6)1-4(7,8)9/h2*2H,1H2. The van der Waals surface area contributed by atoms with Crippen LogP contribution in [-0.2, 0) is 0 Å². The van der Waals surface area contributed by atoms with Crippen LogP contribution in [0.2, 0.25) is 0 Å². The Morgan fingerprint density at radius 3 is 0.944 bits per heavy atom. The molecule has 0 saturated carbocycles. The van der Waals surface area contributed by atoms with E-state index >= 15 is 0 Å². The molecule has 0 nitrogen and oxygen atoms in total. The van der Waals surface area contributed by atoms with E-state index < -0.39 is 49.5 Å². The van der Waals surface area contributed by atoms with Gasteiger partial charge in [-0.05, 0) is 0 Å². The molecule has 0 aliphatic rings. The molecule has 0 spiro atoms. The second-order valence-corrected chi connectivity index (χ2v) is 2.70. The second-order valence-electron chi connectivity index (χ2n) is 2.70. The van der Waals surface area contributed by atoms with Crippen molar-refractivity contribution in [2.45, 2.75) is 25.2 Å². The van der Waals surface area contributed by atoms with E-state index in [-0.39, 0.29) is 0 Å². The number of rotatable bonds is 2. The van der Waals surface area contributed by atoms with Crippen LogP contribution in [0.15, 0.2) is 24.3 Å². The maximum absolute atomic E-state index is 11.4. The van der Waals surface area contributed by atoms with Gasteiger partial charge in [-0.3, -0.25) is 0 Å². The Hall–Kier alpha value is -1.22. The van der Waals surface area contributed by atoms with Gasteiger partial charge in [0.15, 0.2) is 0 Å². The van der Waals surface area contributed by atoms with Crippen LogP contribution < -0.4 is 0 Å². The van der Waals surface area contributed by atoms with Crippen LogP contribution in [0.1, 0.15) is 12.8 Å². The highest BCUT2D eigenvalue weighted by atomic mass is 19.4. The summed E-state index contributed by atoms with van der Waals surface area (Å²) in [5, 5.41) is 0. The van der Waals surface area contributed by atoms with Gasteiger partial charge in [0.05, 0.1) is 12.8 Å². The van der Waals surface area contributed by atoms with E-state index in [1.807, 2.05) is 0 Å². The molecule has 0 aliphatic heterocycles. The Balaban J connectivity index is 0. The van der Waals surface area contributed by atoms with Gasteiger partial charge in [0.25, 0.3) is 0 Å². The summed E-state index contributed by atoms with van der Waals surface area (Å²) in [5.41, 5.74) is 0. The average molecular weight is 292 g/mol. The van der Waals surface area contributed by atoms with Crippen LogP contribution in [0.3, 0.4) is 0 Å². The molecule has 18 heavy (non-hydrogen) atoms. The minimum atomic E-state index is -4.66. The van der Waals surface area contributed by atoms with Crippen LogP contribution in [0, 0.1) is 0 Å². The van der Waals surface area contributed by atoms with Crippen molar-refractivity contribution in [3.05, 3.63) is 24.3 Å². The molecule has 0 aromatic heterocycles. The van der Waals surface area contributed by atoms with Crippen molar-refractivity contribution in [2.24, 2.45) is 0 Å². The van der Waals surface area contributed by atoms with Crippen LogP contribution in [0.25, 0.3) is 0 Å². The third-order valence-electron chi connectivity index (χ3n) is 0.975. The number of halogens is 10. The molecule has 0 unspecified atom stereocenters. The van der Waals surface area contributed by atoms with Crippen LogP contribution in [0.5, 0.6) is 0 Å². The van der Waals surface area contributed by atoms with Gasteiger partial charge in [-0.1, -0.05) is 0 Å². The summed E-state index contributed by atoms with van der Waals surface area (Å²) in [7, 11) is 0. The number of hydrogen-bond donors (Lipinski definition) is 0. The summed E-state index contributed by atoms with van der Waals surface area (Å²) >= 11 is 0. The average Bonchev–Trinajstić information content (AvgIpc) is 2.13. The van der Waals surface area contributed by atoms with Crippen LogP contribution >= 0.6 is 0 Å². The van der Waals surface area contributed by atoms with E-state index in [4.69, 9.17) is 0 Å². The predicted octanol–water partition coefficient (Wildman–Crippen LogP) is 5.44. The van der Waals surface area contributed by atoms with Gasteiger partial charge < -0.3 is 0 Å². The summed E-state index contributed by atoms with van der Waals surface area (Å²) in [6.45, 7) is 0. The smallest absolute Gasteiger partial charge is 0.213 e. The van der Waals surface area contributed by atoms with Crippen molar-refractivity contribution >= 4 is 0 Å². The molecular formula is C8H6F10. The lowest BCUT2D eigenvalue weighted by Gasteiger charge is -2.00. The Labute approximate surface area is 94.6 Å². The van der Waals surface area contributed by atoms with Gasteiger partial charge in [-0.15, -0.1) is 0 Å². The van der Waals surface area contributed by atoms with Gasteiger partial charge in [-0.25, -0.2) is 17.6 Å². The highest BCUT2D eigenvalue weighted by Gasteiger charge is 2.29. The van der Waals surface area contributed by atoms with Crippen molar-refractivity contribution in [1.29, 1.82) is 0 Å². The summed E-state index contributed by atoms with van der Waals surface area (Å²) < 4.78 is 111. The largest absolute Gasteiger partial charge is 0.395 e. The first-order chi connectivity index (χ1) is 7.91. The van der Waals surface area contributed by atoms with Gasteiger partial charge in [0.1, 0.15) is 24.3 Å². The van der Waals surface area contributed by atoms with E-state index in [1.54, 1.807) is 0 Å². The fourth-order valence-corrected chi connectivity index (χ4v) is 0.460. The van der Waals surface area contributed by atoms with E-state index in [2.05, 4.69) is 0 Å². The quantitative estimate of drug-likeness (QED) is 0.595. The molecule has 0 N–H and O–H groups in total. The molecule has 10 heteroatoms. The van der Waals surface area contributed by atoms with E-state index in [0.29, 0.717) is 0 Å². The topological polar surface area (TPSA) is 0 Å². The van der Waals surface area contributed by atoms with Crippen LogP contribution in [-0.4, -0.2) is 12.4 Å². The molecule has 0 aromatic rings. The normalized spacial score (nSPS) is 14.1. The van der Waals surface area contributed by atoms with Gasteiger partial charge in [-0.2, -0.15) is 26.3 Å². The molecular weight excluding hydrogens is 286 g/mol. The lowest BCUT2D eigenvalue weighted by Crippen LogP contribution is -2.06. The molecule has 0 atom stereocenters. The number of alkyl halides is 6. The van der Waals surface area contributed by atoms with Crippen molar-refractivity contribution in [2.75, 3.05) is 0 Å². The molecule has 0 amide bonds. The maximum atomic E-state index is 11.4.